The van der Waals surface area contributed by atoms with Crippen molar-refractivity contribution in [3.8, 4) is 16.9 Å². The van der Waals surface area contributed by atoms with Crippen LogP contribution in [0.4, 0.5) is 0 Å². The van der Waals surface area contributed by atoms with E-state index in [1.165, 1.54) is 48.8 Å². The van der Waals surface area contributed by atoms with Gasteiger partial charge in [-0.1, -0.05) is 62.6 Å². The molecule has 0 N–H and O–H groups in total. The zero-order chi connectivity index (χ0) is 15.2. The zero-order valence-electron chi connectivity index (χ0n) is 13.6. The molecule has 1 fully saturated rings. The Kier molecular flexibility index (Phi) is 5.15. The van der Waals surface area contributed by atoms with E-state index in [1.54, 1.807) is 0 Å². The van der Waals surface area contributed by atoms with Crippen LogP contribution in [0.5, 0.6) is 5.75 Å². The van der Waals surface area contributed by atoms with Gasteiger partial charge in [-0.15, -0.1) is 0 Å². The molecule has 22 heavy (non-hydrogen) atoms. The molecular formula is C21H26O. The van der Waals surface area contributed by atoms with Crippen molar-refractivity contribution in [1.82, 2.24) is 0 Å². The van der Waals surface area contributed by atoms with Gasteiger partial charge in [0.25, 0.3) is 0 Å². The van der Waals surface area contributed by atoms with Crippen molar-refractivity contribution in [2.75, 3.05) is 6.61 Å². The van der Waals surface area contributed by atoms with E-state index in [0.29, 0.717) is 0 Å². The van der Waals surface area contributed by atoms with E-state index < -0.39 is 0 Å². The lowest BCUT2D eigenvalue weighted by atomic mass is 9.95. The topological polar surface area (TPSA) is 9.23 Å². The smallest absolute Gasteiger partial charge is 0.119 e. The minimum Gasteiger partial charge on any atom is -0.494 e. The maximum atomic E-state index is 5.72. The summed E-state index contributed by atoms with van der Waals surface area (Å²) in [4.78, 5) is 0. The average molecular weight is 294 g/mol. The van der Waals surface area contributed by atoms with Crippen molar-refractivity contribution in [3.05, 3.63) is 54.1 Å². The van der Waals surface area contributed by atoms with Crippen LogP contribution in [0.3, 0.4) is 0 Å². The van der Waals surface area contributed by atoms with Gasteiger partial charge in [0.1, 0.15) is 5.75 Å². The lowest BCUT2D eigenvalue weighted by molar-refractivity contribution is 0.309. The van der Waals surface area contributed by atoms with Gasteiger partial charge < -0.3 is 4.74 Å². The summed E-state index contributed by atoms with van der Waals surface area (Å²) in [6.07, 6.45) is 7.81. The van der Waals surface area contributed by atoms with Gasteiger partial charge in [-0.05, 0) is 54.0 Å². The Hall–Kier alpha value is -1.76. The predicted molar refractivity (Wildman–Crippen MR) is 93.5 cm³/mol. The van der Waals surface area contributed by atoms with Gasteiger partial charge in [0.2, 0.25) is 0 Å². The second kappa shape index (κ2) is 7.49. The highest BCUT2D eigenvalue weighted by molar-refractivity contribution is 5.64. The molecular weight excluding hydrogens is 268 g/mol. The van der Waals surface area contributed by atoms with Crippen LogP contribution in [0, 0.1) is 0 Å². The molecule has 1 aliphatic carbocycles. The van der Waals surface area contributed by atoms with Crippen molar-refractivity contribution in [3.63, 3.8) is 0 Å². The monoisotopic (exact) mass is 294 g/mol. The van der Waals surface area contributed by atoms with Crippen LogP contribution < -0.4 is 4.74 Å². The lowest BCUT2D eigenvalue weighted by Gasteiger charge is -2.11. The number of hydrogen-bond donors (Lipinski definition) is 0. The molecule has 0 unspecified atom stereocenters. The minimum atomic E-state index is 0.795. The zero-order valence-corrected chi connectivity index (χ0v) is 13.6. The van der Waals surface area contributed by atoms with Crippen LogP contribution in [0.1, 0.15) is 56.9 Å². The minimum absolute atomic E-state index is 0.795. The van der Waals surface area contributed by atoms with Gasteiger partial charge in [-0.3, -0.25) is 0 Å². The van der Waals surface area contributed by atoms with Crippen molar-refractivity contribution >= 4 is 0 Å². The standard InChI is InChI=1S/C21H26O/c1-2-3-16-22-21-14-12-20(13-15-21)19-10-8-18(9-11-19)17-6-4-5-7-17/h8-15,17H,2-7,16H2,1H3. The van der Waals surface area contributed by atoms with E-state index in [1.807, 2.05) is 0 Å². The Morgan fingerprint density at radius 3 is 2.05 bits per heavy atom. The highest BCUT2D eigenvalue weighted by Gasteiger charge is 2.16. The van der Waals surface area contributed by atoms with Crippen molar-refractivity contribution in [2.24, 2.45) is 0 Å². The number of hydrogen-bond acceptors (Lipinski definition) is 1. The Labute approximate surface area is 134 Å². The van der Waals surface area contributed by atoms with E-state index in [9.17, 15) is 0 Å². The number of benzene rings is 2. The fourth-order valence-electron chi connectivity index (χ4n) is 3.28. The van der Waals surface area contributed by atoms with Crippen LogP contribution in [-0.4, -0.2) is 6.61 Å². The summed E-state index contributed by atoms with van der Waals surface area (Å²) >= 11 is 0. The molecule has 0 heterocycles. The molecule has 1 nitrogen and oxygen atoms in total. The van der Waals surface area contributed by atoms with Crippen molar-refractivity contribution in [2.45, 2.75) is 51.4 Å². The molecule has 0 aliphatic heterocycles. The first kappa shape index (κ1) is 15.1. The number of unbranched alkanes of at least 4 members (excludes halogenated alkanes) is 1. The van der Waals surface area contributed by atoms with Gasteiger partial charge >= 0.3 is 0 Å². The largest absolute Gasteiger partial charge is 0.494 e. The van der Waals surface area contributed by atoms with Gasteiger partial charge in [-0.2, -0.15) is 0 Å². The first-order chi connectivity index (χ1) is 10.9. The Bertz CT molecular complexity index is 562. The average Bonchev–Trinajstić information content (AvgIpc) is 3.11. The summed E-state index contributed by atoms with van der Waals surface area (Å²) < 4.78 is 5.72. The Balaban J connectivity index is 1.65. The van der Waals surface area contributed by atoms with Crippen molar-refractivity contribution < 1.29 is 4.74 Å². The molecule has 116 valence electrons. The normalized spacial score (nSPS) is 15.1. The van der Waals surface area contributed by atoms with Crippen LogP contribution in [0.15, 0.2) is 48.5 Å². The van der Waals surface area contributed by atoms with Crippen LogP contribution in [-0.2, 0) is 0 Å². The van der Waals surface area contributed by atoms with E-state index in [0.717, 1.165) is 24.7 Å². The van der Waals surface area contributed by atoms with E-state index in [4.69, 9.17) is 4.74 Å². The number of ether oxygens (including phenoxy) is 1. The van der Waals surface area contributed by atoms with Gasteiger partial charge in [-0.25, -0.2) is 0 Å². The molecule has 1 saturated carbocycles. The quantitative estimate of drug-likeness (QED) is 0.577. The third-order valence-electron chi connectivity index (χ3n) is 4.69. The van der Waals surface area contributed by atoms with Gasteiger partial charge in [0.05, 0.1) is 6.61 Å². The highest BCUT2D eigenvalue weighted by atomic mass is 16.5. The fourth-order valence-corrected chi connectivity index (χ4v) is 3.28. The van der Waals surface area contributed by atoms with E-state index in [-0.39, 0.29) is 0 Å². The first-order valence-corrected chi connectivity index (χ1v) is 8.70. The molecule has 0 amide bonds. The summed E-state index contributed by atoms with van der Waals surface area (Å²) in [7, 11) is 0. The predicted octanol–water partition coefficient (Wildman–Crippen LogP) is 6.19. The van der Waals surface area contributed by atoms with Crippen LogP contribution in [0.2, 0.25) is 0 Å². The summed E-state index contributed by atoms with van der Waals surface area (Å²) in [5, 5.41) is 0. The van der Waals surface area contributed by atoms with E-state index >= 15 is 0 Å². The summed E-state index contributed by atoms with van der Waals surface area (Å²) in [6, 6.07) is 17.6. The molecule has 0 saturated heterocycles. The fraction of sp³-hybridized carbons (Fsp3) is 0.429. The molecule has 0 aromatic heterocycles. The molecule has 0 bridgehead atoms. The third kappa shape index (κ3) is 3.71. The van der Waals surface area contributed by atoms with Crippen molar-refractivity contribution in [1.29, 1.82) is 0 Å². The Morgan fingerprint density at radius 2 is 1.45 bits per heavy atom. The SMILES string of the molecule is CCCCOc1ccc(-c2ccc(C3CCCC3)cc2)cc1. The second-order valence-electron chi connectivity index (χ2n) is 6.33. The lowest BCUT2D eigenvalue weighted by Crippen LogP contribution is -1.96. The molecule has 0 radical (unpaired) electrons. The second-order valence-corrected chi connectivity index (χ2v) is 6.33. The first-order valence-electron chi connectivity index (χ1n) is 8.70. The Morgan fingerprint density at radius 1 is 0.864 bits per heavy atom. The maximum absolute atomic E-state index is 5.72. The maximum Gasteiger partial charge on any atom is 0.119 e. The molecule has 0 spiro atoms. The summed E-state index contributed by atoms with van der Waals surface area (Å²) in [5.74, 6) is 1.77. The third-order valence-corrected chi connectivity index (χ3v) is 4.69. The molecule has 0 atom stereocenters. The summed E-state index contributed by atoms with van der Waals surface area (Å²) in [6.45, 7) is 2.99. The molecule has 1 heteroatoms. The number of rotatable bonds is 6. The van der Waals surface area contributed by atoms with Crippen LogP contribution >= 0.6 is 0 Å². The van der Waals surface area contributed by atoms with Gasteiger partial charge in [0.15, 0.2) is 0 Å². The van der Waals surface area contributed by atoms with Crippen LogP contribution in [0.25, 0.3) is 11.1 Å². The molecule has 2 aromatic carbocycles. The summed E-state index contributed by atoms with van der Waals surface area (Å²) in [5.41, 5.74) is 4.07. The highest BCUT2D eigenvalue weighted by Crippen LogP contribution is 2.35. The van der Waals surface area contributed by atoms with Gasteiger partial charge in [0, 0.05) is 0 Å². The molecule has 1 aliphatic rings. The molecule has 3 rings (SSSR count). The van der Waals surface area contributed by atoms with E-state index in [2.05, 4.69) is 55.5 Å². The molecule has 2 aromatic rings.